The lowest BCUT2D eigenvalue weighted by atomic mass is 9.82. The minimum absolute atomic E-state index is 0.220. The highest BCUT2D eigenvalue weighted by Gasteiger charge is 2.31. The van der Waals surface area contributed by atoms with Crippen LogP contribution in [0.3, 0.4) is 0 Å². The highest BCUT2D eigenvalue weighted by atomic mass is 19.4. The molecule has 1 unspecified atom stereocenters. The third-order valence-corrected chi connectivity index (χ3v) is 4.88. The van der Waals surface area contributed by atoms with Crippen LogP contribution in [-0.2, 0) is 12.6 Å². The molecule has 1 atom stereocenters. The number of halogens is 3. The second-order valence-electron chi connectivity index (χ2n) is 6.58. The van der Waals surface area contributed by atoms with Gasteiger partial charge in [-0.1, -0.05) is 26.2 Å². The van der Waals surface area contributed by atoms with Crippen LogP contribution in [0.5, 0.6) is 0 Å². The van der Waals surface area contributed by atoms with E-state index in [0.717, 1.165) is 49.2 Å². The molecule has 0 aromatic carbocycles. The van der Waals surface area contributed by atoms with E-state index in [1.54, 1.807) is 6.20 Å². The van der Waals surface area contributed by atoms with E-state index in [0.29, 0.717) is 12.2 Å². The van der Waals surface area contributed by atoms with Crippen LogP contribution < -0.4 is 0 Å². The van der Waals surface area contributed by atoms with Gasteiger partial charge in [0.2, 0.25) is 0 Å². The molecule has 0 saturated heterocycles. The average Bonchev–Trinajstić information content (AvgIpc) is 3.05. The van der Waals surface area contributed by atoms with Crippen LogP contribution in [0.1, 0.15) is 62.0 Å². The van der Waals surface area contributed by atoms with E-state index < -0.39 is 17.8 Å². The molecule has 7 heteroatoms. The van der Waals surface area contributed by atoms with Gasteiger partial charge >= 0.3 is 6.18 Å². The van der Waals surface area contributed by atoms with Crippen molar-refractivity contribution in [3.8, 4) is 5.82 Å². The Morgan fingerprint density at radius 1 is 1.24 bits per heavy atom. The van der Waals surface area contributed by atoms with Crippen molar-refractivity contribution in [2.75, 3.05) is 0 Å². The van der Waals surface area contributed by atoms with Crippen molar-refractivity contribution >= 4 is 0 Å². The van der Waals surface area contributed by atoms with Gasteiger partial charge in [0.15, 0.2) is 5.82 Å². The smallest absolute Gasteiger partial charge is 0.388 e. The predicted octanol–water partition coefficient (Wildman–Crippen LogP) is 4.46. The Morgan fingerprint density at radius 2 is 1.96 bits per heavy atom. The molecular weight excluding hydrogens is 331 g/mol. The Labute approximate surface area is 144 Å². The third kappa shape index (κ3) is 3.86. The van der Waals surface area contributed by atoms with E-state index >= 15 is 0 Å². The topological polar surface area (TPSA) is 50.9 Å². The summed E-state index contributed by atoms with van der Waals surface area (Å²) >= 11 is 0. The summed E-state index contributed by atoms with van der Waals surface area (Å²) in [6, 6.07) is 2.29. The molecule has 3 rings (SSSR count). The van der Waals surface area contributed by atoms with Crippen LogP contribution in [0.4, 0.5) is 13.2 Å². The normalized spacial score (nSPS) is 17.6. The van der Waals surface area contributed by atoms with Gasteiger partial charge in [0.25, 0.3) is 0 Å². The molecule has 4 nitrogen and oxygen atoms in total. The quantitative estimate of drug-likeness (QED) is 0.883. The molecule has 1 fully saturated rings. The van der Waals surface area contributed by atoms with Crippen LogP contribution in [0.2, 0.25) is 0 Å². The maximum atomic E-state index is 12.7. The van der Waals surface area contributed by atoms with Gasteiger partial charge in [0, 0.05) is 18.0 Å². The number of aliphatic hydroxyl groups is 1. The Bertz CT molecular complexity index is 703. The number of hydrogen-bond acceptors (Lipinski definition) is 3. The monoisotopic (exact) mass is 353 g/mol. The molecule has 1 N–H and O–H groups in total. The van der Waals surface area contributed by atoms with Crippen LogP contribution in [0, 0.1) is 5.92 Å². The fraction of sp³-hybridized carbons (Fsp3) is 0.556. The van der Waals surface area contributed by atoms with Gasteiger partial charge in [-0.2, -0.15) is 18.3 Å². The minimum Gasteiger partial charge on any atom is -0.388 e. The number of nitrogens with zero attached hydrogens (tertiary/aromatic N) is 3. The Hall–Kier alpha value is -1.89. The van der Waals surface area contributed by atoms with E-state index in [4.69, 9.17) is 0 Å². The molecule has 1 aliphatic rings. The Kier molecular flexibility index (Phi) is 5.13. The molecule has 0 aliphatic heterocycles. The van der Waals surface area contributed by atoms with Crippen molar-refractivity contribution in [2.24, 2.45) is 5.92 Å². The molecule has 2 aromatic heterocycles. The van der Waals surface area contributed by atoms with Gasteiger partial charge in [0.05, 0.1) is 17.4 Å². The van der Waals surface area contributed by atoms with Gasteiger partial charge < -0.3 is 5.11 Å². The summed E-state index contributed by atoms with van der Waals surface area (Å²) in [5.74, 6) is 0.530. The fourth-order valence-corrected chi connectivity index (χ4v) is 3.46. The van der Waals surface area contributed by atoms with Crippen molar-refractivity contribution in [3.63, 3.8) is 0 Å². The standard InChI is InChI=1S/C18H22F3N3O/c1-2-15-14(17(25)12-6-4-3-5-7-12)11-24(23-15)16-9-8-13(10-22-16)18(19,20)21/h8-12,17,25H,2-7H2,1H3. The molecule has 136 valence electrons. The lowest BCUT2D eigenvalue weighted by molar-refractivity contribution is -0.137. The summed E-state index contributed by atoms with van der Waals surface area (Å²) < 4.78 is 39.4. The van der Waals surface area contributed by atoms with Crippen molar-refractivity contribution < 1.29 is 18.3 Å². The highest BCUT2D eigenvalue weighted by Crippen LogP contribution is 2.36. The maximum Gasteiger partial charge on any atom is 0.417 e. The average molecular weight is 353 g/mol. The van der Waals surface area contributed by atoms with Crippen molar-refractivity contribution in [1.29, 1.82) is 0 Å². The van der Waals surface area contributed by atoms with Crippen molar-refractivity contribution in [1.82, 2.24) is 14.8 Å². The Morgan fingerprint density at radius 3 is 2.52 bits per heavy atom. The second kappa shape index (κ2) is 7.15. The first-order valence-corrected chi connectivity index (χ1v) is 8.70. The van der Waals surface area contributed by atoms with E-state index in [1.165, 1.54) is 17.2 Å². The zero-order valence-corrected chi connectivity index (χ0v) is 14.1. The Balaban J connectivity index is 1.87. The molecule has 1 saturated carbocycles. The van der Waals surface area contributed by atoms with Crippen LogP contribution in [0.25, 0.3) is 5.82 Å². The van der Waals surface area contributed by atoms with Crippen LogP contribution >= 0.6 is 0 Å². The maximum absolute atomic E-state index is 12.7. The van der Waals surface area contributed by atoms with Gasteiger partial charge in [-0.15, -0.1) is 0 Å². The molecule has 2 aromatic rings. The molecule has 0 bridgehead atoms. The lowest BCUT2D eigenvalue weighted by Gasteiger charge is -2.26. The first kappa shape index (κ1) is 17.9. The lowest BCUT2D eigenvalue weighted by Crippen LogP contribution is -2.16. The number of aliphatic hydroxyl groups excluding tert-OH is 1. The highest BCUT2D eigenvalue weighted by molar-refractivity contribution is 5.30. The largest absolute Gasteiger partial charge is 0.417 e. The summed E-state index contributed by atoms with van der Waals surface area (Å²) in [4.78, 5) is 3.87. The van der Waals surface area contributed by atoms with Crippen LogP contribution in [-0.4, -0.2) is 19.9 Å². The van der Waals surface area contributed by atoms with Crippen LogP contribution in [0.15, 0.2) is 24.5 Å². The molecule has 25 heavy (non-hydrogen) atoms. The second-order valence-corrected chi connectivity index (χ2v) is 6.58. The van der Waals surface area contributed by atoms with Gasteiger partial charge in [-0.25, -0.2) is 9.67 Å². The number of aromatic nitrogens is 3. The number of hydrogen-bond donors (Lipinski definition) is 1. The van der Waals surface area contributed by atoms with Crippen molar-refractivity contribution in [2.45, 2.75) is 57.7 Å². The molecule has 2 heterocycles. The molecule has 1 aliphatic carbocycles. The summed E-state index contributed by atoms with van der Waals surface area (Å²) in [5.41, 5.74) is 0.734. The van der Waals surface area contributed by atoms with Gasteiger partial charge in [-0.05, 0) is 37.3 Å². The predicted molar refractivity (Wildman–Crippen MR) is 87.3 cm³/mol. The number of aryl methyl sites for hydroxylation is 1. The molecule has 0 radical (unpaired) electrons. The van der Waals surface area contributed by atoms with E-state index in [9.17, 15) is 18.3 Å². The summed E-state index contributed by atoms with van der Waals surface area (Å²) in [6.45, 7) is 1.95. The van der Waals surface area contributed by atoms with Gasteiger partial charge in [0.1, 0.15) is 0 Å². The third-order valence-electron chi connectivity index (χ3n) is 4.88. The molecule has 0 spiro atoms. The first-order valence-electron chi connectivity index (χ1n) is 8.70. The fourth-order valence-electron chi connectivity index (χ4n) is 3.46. The van der Waals surface area contributed by atoms with E-state index in [1.807, 2.05) is 6.92 Å². The number of rotatable bonds is 4. The van der Waals surface area contributed by atoms with E-state index in [2.05, 4.69) is 10.1 Å². The minimum atomic E-state index is -4.41. The molecule has 0 amide bonds. The first-order chi connectivity index (χ1) is 11.9. The van der Waals surface area contributed by atoms with E-state index in [-0.39, 0.29) is 5.92 Å². The van der Waals surface area contributed by atoms with Gasteiger partial charge in [-0.3, -0.25) is 0 Å². The zero-order chi connectivity index (χ0) is 18.0. The number of pyridine rings is 1. The SMILES string of the molecule is CCc1nn(-c2ccc(C(F)(F)F)cn2)cc1C(O)C1CCCCC1. The van der Waals surface area contributed by atoms with Crippen molar-refractivity contribution in [3.05, 3.63) is 41.3 Å². The summed E-state index contributed by atoms with van der Waals surface area (Å²) in [5, 5.41) is 15.2. The summed E-state index contributed by atoms with van der Waals surface area (Å²) in [7, 11) is 0. The number of alkyl halides is 3. The molecular formula is C18H22F3N3O. The zero-order valence-electron chi connectivity index (χ0n) is 14.1. The summed E-state index contributed by atoms with van der Waals surface area (Å²) in [6.07, 6.45) is 3.60.